The Bertz CT molecular complexity index is 387. The highest BCUT2D eigenvalue weighted by Crippen LogP contribution is 2.19. The Labute approximate surface area is 109 Å². The van der Waals surface area contributed by atoms with Gasteiger partial charge in [-0.3, -0.25) is 9.59 Å². The Morgan fingerprint density at radius 3 is 2.05 bits per heavy atom. The van der Waals surface area contributed by atoms with E-state index in [1.54, 1.807) is 13.8 Å². The van der Waals surface area contributed by atoms with Crippen LogP contribution in [0.2, 0.25) is 0 Å². The fourth-order valence-electron chi connectivity index (χ4n) is 1.86. The van der Waals surface area contributed by atoms with Gasteiger partial charge >= 0.3 is 12.1 Å². The van der Waals surface area contributed by atoms with E-state index in [0.29, 0.717) is 13.0 Å². The van der Waals surface area contributed by atoms with Crippen LogP contribution in [0.5, 0.6) is 0 Å². The van der Waals surface area contributed by atoms with Crippen molar-refractivity contribution in [3.63, 3.8) is 0 Å². The van der Waals surface area contributed by atoms with Gasteiger partial charge in [0.25, 0.3) is 0 Å². The summed E-state index contributed by atoms with van der Waals surface area (Å²) in [5.74, 6) is -2.05. The lowest BCUT2D eigenvalue weighted by atomic mass is 10.3. The Hall–Kier alpha value is -1.53. The summed E-state index contributed by atoms with van der Waals surface area (Å²) in [4.78, 5) is 25.1. The molecule has 1 rings (SSSR count). The number of amides is 2. The average molecular weight is 278 g/mol. The van der Waals surface area contributed by atoms with E-state index >= 15 is 0 Å². The second-order valence-corrected chi connectivity index (χ2v) is 4.69. The molecule has 0 aromatic rings. The van der Waals surface area contributed by atoms with Gasteiger partial charge in [0.1, 0.15) is 0 Å². The van der Waals surface area contributed by atoms with Crippen LogP contribution in [0.4, 0.5) is 13.2 Å². The van der Waals surface area contributed by atoms with Crippen LogP contribution in [-0.2, 0) is 9.59 Å². The molecule has 0 saturated carbocycles. The molecule has 2 amide bonds. The molecule has 0 radical (unpaired) electrons. The first-order valence-corrected chi connectivity index (χ1v) is 6.01. The van der Waals surface area contributed by atoms with E-state index in [4.69, 9.17) is 0 Å². The van der Waals surface area contributed by atoms with Crippen molar-refractivity contribution in [3.8, 4) is 0 Å². The Kier molecular flexibility index (Phi) is 4.97. The zero-order valence-electron chi connectivity index (χ0n) is 11.0. The van der Waals surface area contributed by atoms with Crippen LogP contribution in [0.25, 0.3) is 0 Å². The van der Waals surface area contributed by atoms with E-state index in [-0.39, 0.29) is 25.5 Å². The first kappa shape index (κ1) is 15.5. The highest BCUT2D eigenvalue weighted by Gasteiger charge is 2.42. The third-order valence-electron chi connectivity index (χ3n) is 2.75. The number of allylic oxidation sites excluding steroid dienone is 1. The molecule has 0 aromatic carbocycles. The summed E-state index contributed by atoms with van der Waals surface area (Å²) < 4.78 is 36.9. The molecule has 0 spiro atoms. The van der Waals surface area contributed by atoms with Crippen molar-refractivity contribution < 1.29 is 22.8 Å². The van der Waals surface area contributed by atoms with E-state index in [2.05, 4.69) is 0 Å². The van der Waals surface area contributed by atoms with E-state index < -0.39 is 12.1 Å². The van der Waals surface area contributed by atoms with Crippen LogP contribution >= 0.6 is 0 Å². The summed E-state index contributed by atoms with van der Waals surface area (Å²) in [6, 6.07) is 0. The third kappa shape index (κ3) is 4.57. The molecule has 0 aliphatic carbocycles. The Morgan fingerprint density at radius 1 is 1.00 bits per heavy atom. The van der Waals surface area contributed by atoms with Gasteiger partial charge in [-0.25, -0.2) is 0 Å². The lowest BCUT2D eigenvalue weighted by molar-refractivity contribution is -0.185. The quantitative estimate of drug-likeness (QED) is 0.683. The molecule has 0 N–H and O–H groups in total. The van der Waals surface area contributed by atoms with Gasteiger partial charge in [0.05, 0.1) is 0 Å². The van der Waals surface area contributed by atoms with Crippen molar-refractivity contribution in [2.45, 2.75) is 26.4 Å². The van der Waals surface area contributed by atoms with E-state index in [9.17, 15) is 22.8 Å². The van der Waals surface area contributed by atoms with Crippen molar-refractivity contribution in [1.82, 2.24) is 9.80 Å². The number of hydrogen-bond acceptors (Lipinski definition) is 2. The van der Waals surface area contributed by atoms with Crippen molar-refractivity contribution in [1.29, 1.82) is 0 Å². The lowest BCUT2D eigenvalue weighted by Gasteiger charge is -2.22. The molecule has 0 unspecified atom stereocenters. The molecule has 108 valence electrons. The number of halogens is 3. The number of carbonyl (C=O) groups is 2. The molecule has 1 fully saturated rings. The zero-order chi connectivity index (χ0) is 14.6. The molecule has 19 heavy (non-hydrogen) atoms. The van der Waals surface area contributed by atoms with Gasteiger partial charge in [-0.05, 0) is 20.3 Å². The van der Waals surface area contributed by atoms with E-state index in [0.717, 1.165) is 10.5 Å². The van der Waals surface area contributed by atoms with Crippen molar-refractivity contribution >= 4 is 11.8 Å². The van der Waals surface area contributed by atoms with Gasteiger partial charge in [-0.2, -0.15) is 13.2 Å². The summed E-state index contributed by atoms with van der Waals surface area (Å²) in [7, 11) is 0. The lowest BCUT2D eigenvalue weighted by Crippen LogP contribution is -2.43. The standard InChI is InChI=1S/C12H17F3N2O2/c1-9(2)8-10(18)16-4-3-5-17(7-6-16)11(19)12(13,14)15/h8H,3-7H2,1-2H3. The SMILES string of the molecule is CC(C)=CC(=O)N1CCCN(C(=O)C(F)(F)F)CC1. The van der Waals surface area contributed by atoms with E-state index in [1.165, 1.54) is 11.0 Å². The van der Waals surface area contributed by atoms with Crippen LogP contribution in [0.3, 0.4) is 0 Å². The van der Waals surface area contributed by atoms with E-state index in [1.807, 2.05) is 0 Å². The summed E-state index contributed by atoms with van der Waals surface area (Å²) in [6.45, 7) is 3.98. The summed E-state index contributed by atoms with van der Waals surface area (Å²) in [6.07, 6.45) is -3.05. The maximum absolute atomic E-state index is 12.3. The van der Waals surface area contributed by atoms with Crippen LogP contribution < -0.4 is 0 Å². The first-order valence-electron chi connectivity index (χ1n) is 6.01. The maximum atomic E-state index is 12.3. The summed E-state index contributed by atoms with van der Waals surface area (Å²) in [5.41, 5.74) is 0.831. The van der Waals surface area contributed by atoms with Crippen LogP contribution in [0.15, 0.2) is 11.6 Å². The Balaban J connectivity index is 2.64. The predicted octanol–water partition coefficient (Wildman–Crippen LogP) is 1.58. The number of carbonyl (C=O) groups excluding carboxylic acids is 2. The van der Waals surface area contributed by atoms with Gasteiger partial charge in [-0.15, -0.1) is 0 Å². The van der Waals surface area contributed by atoms with Crippen LogP contribution in [0.1, 0.15) is 20.3 Å². The van der Waals surface area contributed by atoms with Gasteiger partial charge in [-0.1, -0.05) is 5.57 Å². The average Bonchev–Trinajstić information content (AvgIpc) is 2.51. The molecule has 0 aromatic heterocycles. The normalized spacial score (nSPS) is 16.9. The third-order valence-corrected chi connectivity index (χ3v) is 2.75. The highest BCUT2D eigenvalue weighted by molar-refractivity contribution is 5.88. The number of hydrogen-bond donors (Lipinski definition) is 0. The summed E-state index contributed by atoms with van der Waals surface area (Å²) in [5, 5.41) is 0. The largest absolute Gasteiger partial charge is 0.471 e. The van der Waals surface area contributed by atoms with Gasteiger partial charge < -0.3 is 9.80 Å². The predicted molar refractivity (Wildman–Crippen MR) is 63.3 cm³/mol. The molecule has 7 heteroatoms. The number of nitrogens with zero attached hydrogens (tertiary/aromatic N) is 2. The second kappa shape index (κ2) is 6.08. The molecule has 1 aliphatic rings. The number of alkyl halides is 3. The number of rotatable bonds is 1. The molecule has 1 heterocycles. The smallest absolute Gasteiger partial charge is 0.337 e. The molecule has 4 nitrogen and oxygen atoms in total. The topological polar surface area (TPSA) is 40.6 Å². The van der Waals surface area contributed by atoms with Crippen molar-refractivity contribution in [2.75, 3.05) is 26.2 Å². The zero-order valence-corrected chi connectivity index (χ0v) is 11.0. The highest BCUT2D eigenvalue weighted by atomic mass is 19.4. The fraction of sp³-hybridized carbons (Fsp3) is 0.667. The van der Waals surface area contributed by atoms with Gasteiger partial charge in [0.2, 0.25) is 5.91 Å². The van der Waals surface area contributed by atoms with Crippen molar-refractivity contribution in [3.05, 3.63) is 11.6 Å². The molecule has 0 bridgehead atoms. The minimum Gasteiger partial charge on any atom is -0.337 e. The molecule has 1 saturated heterocycles. The summed E-state index contributed by atoms with van der Waals surface area (Å²) >= 11 is 0. The minimum absolute atomic E-state index is 0.0247. The van der Waals surface area contributed by atoms with Gasteiger partial charge in [0.15, 0.2) is 0 Å². The first-order chi connectivity index (χ1) is 8.71. The van der Waals surface area contributed by atoms with Crippen LogP contribution in [0, 0.1) is 0 Å². The molecule has 1 aliphatic heterocycles. The second-order valence-electron chi connectivity index (χ2n) is 4.69. The van der Waals surface area contributed by atoms with Gasteiger partial charge in [0, 0.05) is 32.3 Å². The molecular weight excluding hydrogens is 261 g/mol. The van der Waals surface area contributed by atoms with Crippen LogP contribution in [-0.4, -0.2) is 54.0 Å². The van der Waals surface area contributed by atoms with Crippen molar-refractivity contribution in [2.24, 2.45) is 0 Å². The monoisotopic (exact) mass is 278 g/mol. The fourth-order valence-corrected chi connectivity index (χ4v) is 1.86. The maximum Gasteiger partial charge on any atom is 0.471 e. The molecule has 0 atom stereocenters. The molecular formula is C12H17F3N2O2. The Morgan fingerprint density at radius 2 is 1.53 bits per heavy atom. The minimum atomic E-state index is -4.85.